The van der Waals surface area contributed by atoms with Crippen molar-refractivity contribution in [1.29, 1.82) is 0 Å². The van der Waals surface area contributed by atoms with Gasteiger partial charge in [-0.3, -0.25) is 4.79 Å². The van der Waals surface area contributed by atoms with E-state index in [-0.39, 0.29) is 42.6 Å². The maximum Gasteiger partial charge on any atom is 0.391 e. The first-order chi connectivity index (χ1) is 10.3. The van der Waals surface area contributed by atoms with Crippen LogP contribution in [-0.4, -0.2) is 24.7 Å². The van der Waals surface area contributed by atoms with Crippen molar-refractivity contribution in [3.63, 3.8) is 0 Å². The molecule has 2 aliphatic rings. The number of rotatable bonds is 4. The summed E-state index contributed by atoms with van der Waals surface area (Å²) in [6, 6.07) is -0.107. The minimum absolute atomic E-state index is 0. The van der Waals surface area contributed by atoms with Gasteiger partial charge in [-0.15, -0.1) is 12.4 Å². The maximum absolute atomic E-state index is 12.6. The highest BCUT2D eigenvalue weighted by Gasteiger charge is 2.42. The molecule has 0 heterocycles. The van der Waals surface area contributed by atoms with Gasteiger partial charge >= 0.3 is 6.18 Å². The zero-order chi connectivity index (χ0) is 16.2. The average molecular weight is 357 g/mol. The van der Waals surface area contributed by atoms with Crippen molar-refractivity contribution in [2.24, 2.45) is 17.1 Å². The van der Waals surface area contributed by atoms with Crippen molar-refractivity contribution in [2.45, 2.75) is 76.4 Å². The van der Waals surface area contributed by atoms with Crippen molar-refractivity contribution >= 4 is 18.3 Å². The van der Waals surface area contributed by atoms with Gasteiger partial charge < -0.3 is 11.1 Å². The molecule has 136 valence electrons. The van der Waals surface area contributed by atoms with Crippen LogP contribution in [0.3, 0.4) is 0 Å². The SMILES string of the molecule is Cl.NCC1(CC(=O)NC2CCC(C(F)(F)F)CC2)CCCCC1. The van der Waals surface area contributed by atoms with E-state index >= 15 is 0 Å². The van der Waals surface area contributed by atoms with Crippen LogP contribution in [0, 0.1) is 11.3 Å². The van der Waals surface area contributed by atoms with Crippen molar-refractivity contribution < 1.29 is 18.0 Å². The first kappa shape index (κ1) is 20.6. The molecule has 1 amide bonds. The molecule has 0 unspecified atom stereocenters. The molecular weight excluding hydrogens is 329 g/mol. The summed E-state index contributed by atoms with van der Waals surface area (Å²) < 4.78 is 37.9. The van der Waals surface area contributed by atoms with E-state index in [0.29, 0.717) is 25.8 Å². The van der Waals surface area contributed by atoms with Crippen LogP contribution in [0.15, 0.2) is 0 Å². The molecule has 23 heavy (non-hydrogen) atoms. The second-order valence-corrected chi connectivity index (χ2v) is 7.10. The topological polar surface area (TPSA) is 55.1 Å². The van der Waals surface area contributed by atoms with Gasteiger partial charge in [-0.1, -0.05) is 19.3 Å². The molecule has 2 aliphatic carbocycles. The molecule has 0 aromatic heterocycles. The summed E-state index contributed by atoms with van der Waals surface area (Å²) in [5.74, 6) is -1.24. The average Bonchev–Trinajstić information content (AvgIpc) is 2.47. The molecule has 0 bridgehead atoms. The third-order valence-electron chi connectivity index (χ3n) is 5.44. The zero-order valence-corrected chi connectivity index (χ0v) is 14.3. The number of nitrogens with one attached hydrogen (secondary N) is 1. The highest BCUT2D eigenvalue weighted by molar-refractivity contribution is 5.85. The summed E-state index contributed by atoms with van der Waals surface area (Å²) in [4.78, 5) is 12.2. The highest BCUT2D eigenvalue weighted by atomic mass is 35.5. The third kappa shape index (κ3) is 5.82. The fourth-order valence-electron chi connectivity index (χ4n) is 3.94. The van der Waals surface area contributed by atoms with Gasteiger partial charge in [0.25, 0.3) is 0 Å². The predicted molar refractivity (Wildman–Crippen MR) is 86.4 cm³/mol. The van der Waals surface area contributed by atoms with Crippen LogP contribution < -0.4 is 11.1 Å². The Kier molecular flexibility index (Phi) is 7.65. The van der Waals surface area contributed by atoms with Crippen molar-refractivity contribution in [3.8, 4) is 0 Å². The summed E-state index contributed by atoms with van der Waals surface area (Å²) in [7, 11) is 0. The van der Waals surface area contributed by atoms with E-state index in [0.717, 1.165) is 25.7 Å². The largest absolute Gasteiger partial charge is 0.391 e. The number of hydrogen-bond acceptors (Lipinski definition) is 2. The highest BCUT2D eigenvalue weighted by Crippen LogP contribution is 2.39. The number of amides is 1. The molecule has 0 aromatic carbocycles. The first-order valence-corrected chi connectivity index (χ1v) is 8.41. The van der Waals surface area contributed by atoms with Crippen LogP contribution in [0.2, 0.25) is 0 Å². The second-order valence-electron chi connectivity index (χ2n) is 7.10. The summed E-state index contributed by atoms with van der Waals surface area (Å²) in [5, 5.41) is 2.94. The molecule has 0 aromatic rings. The van der Waals surface area contributed by atoms with Crippen LogP contribution in [0.4, 0.5) is 13.2 Å². The Labute approximate surface area is 142 Å². The Bertz CT molecular complexity index is 376. The third-order valence-corrected chi connectivity index (χ3v) is 5.44. The number of alkyl halides is 3. The van der Waals surface area contributed by atoms with Gasteiger partial charge in [0, 0.05) is 12.5 Å². The molecule has 7 heteroatoms. The monoisotopic (exact) mass is 356 g/mol. The molecule has 0 saturated heterocycles. The Hall–Kier alpha value is -0.490. The standard InChI is InChI=1S/C16H27F3N2O.ClH/c17-16(18,19)12-4-6-13(7-5-12)21-14(22)10-15(11-20)8-2-1-3-9-15;/h12-13H,1-11,20H2,(H,21,22);1H. The van der Waals surface area contributed by atoms with Gasteiger partial charge in [0.15, 0.2) is 0 Å². The van der Waals surface area contributed by atoms with E-state index in [9.17, 15) is 18.0 Å². The quantitative estimate of drug-likeness (QED) is 0.801. The molecule has 2 fully saturated rings. The Morgan fingerprint density at radius 3 is 2.13 bits per heavy atom. The van der Waals surface area contributed by atoms with Crippen LogP contribution in [0.5, 0.6) is 0 Å². The molecule has 2 rings (SSSR count). The summed E-state index contributed by atoms with van der Waals surface area (Å²) in [6.07, 6.45) is 2.80. The van der Waals surface area contributed by atoms with Crippen LogP contribution >= 0.6 is 12.4 Å². The van der Waals surface area contributed by atoms with Crippen molar-refractivity contribution in [2.75, 3.05) is 6.54 Å². The molecule has 3 N–H and O–H groups in total. The van der Waals surface area contributed by atoms with E-state index < -0.39 is 12.1 Å². The van der Waals surface area contributed by atoms with Crippen molar-refractivity contribution in [1.82, 2.24) is 5.32 Å². The fourth-order valence-corrected chi connectivity index (χ4v) is 3.94. The molecular formula is C16H28ClF3N2O. The summed E-state index contributed by atoms with van der Waals surface area (Å²) in [5.41, 5.74) is 5.79. The van der Waals surface area contributed by atoms with Crippen LogP contribution in [-0.2, 0) is 4.79 Å². The molecule has 0 radical (unpaired) electrons. The fraction of sp³-hybridized carbons (Fsp3) is 0.938. The lowest BCUT2D eigenvalue weighted by atomic mass is 9.71. The Morgan fingerprint density at radius 1 is 1.09 bits per heavy atom. The first-order valence-electron chi connectivity index (χ1n) is 8.41. The molecule has 0 spiro atoms. The van der Waals surface area contributed by atoms with Gasteiger partial charge in [-0.25, -0.2) is 0 Å². The van der Waals surface area contributed by atoms with Gasteiger partial charge in [0.05, 0.1) is 5.92 Å². The summed E-state index contributed by atoms with van der Waals surface area (Å²) >= 11 is 0. The Morgan fingerprint density at radius 2 is 1.65 bits per heavy atom. The Balaban J connectivity index is 0.00000264. The second kappa shape index (κ2) is 8.56. The van der Waals surface area contributed by atoms with E-state index in [1.165, 1.54) is 6.42 Å². The van der Waals surface area contributed by atoms with E-state index in [1.807, 2.05) is 0 Å². The van der Waals surface area contributed by atoms with Crippen LogP contribution in [0.25, 0.3) is 0 Å². The lowest BCUT2D eigenvalue weighted by molar-refractivity contribution is -0.182. The van der Waals surface area contributed by atoms with Gasteiger partial charge in [0.1, 0.15) is 0 Å². The van der Waals surface area contributed by atoms with Gasteiger partial charge in [-0.2, -0.15) is 13.2 Å². The minimum atomic E-state index is -4.10. The maximum atomic E-state index is 12.6. The smallest absolute Gasteiger partial charge is 0.353 e. The summed E-state index contributed by atoms with van der Waals surface area (Å²) in [6.45, 7) is 0.515. The zero-order valence-electron chi connectivity index (χ0n) is 13.5. The molecule has 0 aliphatic heterocycles. The molecule has 3 nitrogen and oxygen atoms in total. The van der Waals surface area contributed by atoms with E-state index in [2.05, 4.69) is 5.32 Å². The molecule has 2 saturated carbocycles. The number of nitrogens with two attached hydrogens (primary N) is 1. The van der Waals surface area contributed by atoms with E-state index in [1.54, 1.807) is 0 Å². The number of hydrogen-bond donors (Lipinski definition) is 2. The lowest BCUT2D eigenvalue weighted by Gasteiger charge is -2.36. The van der Waals surface area contributed by atoms with Crippen LogP contribution in [0.1, 0.15) is 64.2 Å². The van der Waals surface area contributed by atoms with Crippen molar-refractivity contribution in [3.05, 3.63) is 0 Å². The minimum Gasteiger partial charge on any atom is -0.353 e. The number of halogens is 4. The van der Waals surface area contributed by atoms with E-state index in [4.69, 9.17) is 5.73 Å². The molecule has 0 atom stereocenters. The number of carbonyl (C=O) groups is 1. The lowest BCUT2D eigenvalue weighted by Crippen LogP contribution is -2.43. The normalized spacial score (nSPS) is 27.8. The van der Waals surface area contributed by atoms with Gasteiger partial charge in [0.2, 0.25) is 5.91 Å². The predicted octanol–water partition coefficient (Wildman–Crippen LogP) is 3.94. The number of carbonyl (C=O) groups excluding carboxylic acids is 1. The van der Waals surface area contributed by atoms with Gasteiger partial charge in [-0.05, 0) is 50.5 Å².